The number of hydrogen-bond acceptors (Lipinski definition) is 6. The van der Waals surface area contributed by atoms with E-state index in [4.69, 9.17) is 0 Å². The molecule has 1 atom stereocenters. The summed E-state index contributed by atoms with van der Waals surface area (Å²) in [5.41, 5.74) is 0.495. The third-order valence-electron chi connectivity index (χ3n) is 4.29. The van der Waals surface area contributed by atoms with Crippen LogP contribution in [0.15, 0.2) is 47.4 Å². The van der Waals surface area contributed by atoms with Gasteiger partial charge in [0.15, 0.2) is 0 Å². The topological polar surface area (TPSA) is 89.8 Å². The number of para-hydroxylation sites is 1. The molecule has 0 spiro atoms. The number of nitro benzene ring substituents is 1. The number of esters is 1. The first-order chi connectivity index (χ1) is 12.9. The number of benzene rings is 2. The summed E-state index contributed by atoms with van der Waals surface area (Å²) >= 11 is 1.69. The summed E-state index contributed by atoms with van der Waals surface area (Å²) in [4.78, 5) is 38.3. The van der Waals surface area contributed by atoms with Crippen molar-refractivity contribution >= 4 is 35.0 Å². The lowest BCUT2D eigenvalue weighted by Crippen LogP contribution is -2.32. The SMILES string of the molecule is COC(=O)c1cc(C(=O)N2CCC(C)Sc3ccccc32)cc([N+](=O)[O-])c1. The van der Waals surface area contributed by atoms with Gasteiger partial charge in [-0.15, -0.1) is 11.8 Å². The zero-order chi connectivity index (χ0) is 19.6. The molecule has 1 heterocycles. The van der Waals surface area contributed by atoms with Gasteiger partial charge in [-0.05, 0) is 24.6 Å². The number of anilines is 1. The predicted molar refractivity (Wildman–Crippen MR) is 102 cm³/mol. The molecule has 1 aliphatic rings. The van der Waals surface area contributed by atoms with E-state index in [0.717, 1.165) is 23.1 Å². The normalized spacial score (nSPS) is 16.2. The van der Waals surface area contributed by atoms with Crippen LogP contribution in [-0.2, 0) is 4.74 Å². The lowest BCUT2D eigenvalue weighted by Gasteiger charge is -2.22. The molecule has 8 heteroatoms. The monoisotopic (exact) mass is 386 g/mol. The quantitative estimate of drug-likeness (QED) is 0.451. The molecular formula is C19H18N2O5S. The standard InChI is InChI=1S/C19H18N2O5S/c1-12-7-8-20(16-5-3-4-6-17(16)27-12)18(22)13-9-14(19(23)26-2)11-15(10-13)21(24)25/h3-6,9-12H,7-8H2,1-2H3. The van der Waals surface area contributed by atoms with Crippen LogP contribution in [0.1, 0.15) is 34.1 Å². The van der Waals surface area contributed by atoms with Crippen molar-refractivity contribution in [1.82, 2.24) is 0 Å². The van der Waals surface area contributed by atoms with E-state index in [-0.39, 0.29) is 22.7 Å². The third kappa shape index (κ3) is 3.95. The highest BCUT2D eigenvalue weighted by Gasteiger charge is 2.27. The van der Waals surface area contributed by atoms with Crippen molar-refractivity contribution in [3.8, 4) is 0 Å². The summed E-state index contributed by atoms with van der Waals surface area (Å²) in [7, 11) is 1.19. The number of hydrogen-bond donors (Lipinski definition) is 0. The van der Waals surface area contributed by atoms with Crippen LogP contribution >= 0.6 is 11.8 Å². The summed E-state index contributed by atoms with van der Waals surface area (Å²) < 4.78 is 4.65. The second kappa shape index (κ2) is 7.79. The minimum absolute atomic E-state index is 0.0269. The average Bonchev–Trinajstić information content (AvgIpc) is 2.84. The molecule has 1 amide bonds. The molecule has 3 rings (SSSR count). The van der Waals surface area contributed by atoms with E-state index in [2.05, 4.69) is 11.7 Å². The van der Waals surface area contributed by atoms with Gasteiger partial charge in [-0.2, -0.15) is 0 Å². The fourth-order valence-corrected chi connectivity index (χ4v) is 4.04. The Bertz CT molecular complexity index is 915. The van der Waals surface area contributed by atoms with Gasteiger partial charge in [-0.25, -0.2) is 4.79 Å². The second-order valence-corrected chi connectivity index (χ2v) is 7.64. The Kier molecular flexibility index (Phi) is 5.46. The molecule has 140 valence electrons. The maximum atomic E-state index is 13.2. The first-order valence-corrected chi connectivity index (χ1v) is 9.24. The molecule has 0 aromatic heterocycles. The van der Waals surface area contributed by atoms with Crippen LogP contribution in [0.3, 0.4) is 0 Å². The van der Waals surface area contributed by atoms with Gasteiger partial charge in [0.1, 0.15) is 0 Å². The van der Waals surface area contributed by atoms with E-state index >= 15 is 0 Å². The van der Waals surface area contributed by atoms with Gasteiger partial charge in [0.2, 0.25) is 0 Å². The van der Waals surface area contributed by atoms with E-state index in [9.17, 15) is 19.7 Å². The number of carbonyl (C=O) groups is 2. The van der Waals surface area contributed by atoms with Gasteiger partial charge in [0.05, 0.1) is 23.3 Å². The van der Waals surface area contributed by atoms with Gasteiger partial charge in [-0.1, -0.05) is 19.1 Å². The number of fused-ring (bicyclic) bond motifs is 1. The molecule has 27 heavy (non-hydrogen) atoms. The fraction of sp³-hybridized carbons (Fsp3) is 0.263. The number of thioether (sulfide) groups is 1. The van der Waals surface area contributed by atoms with E-state index in [1.165, 1.54) is 19.2 Å². The van der Waals surface area contributed by atoms with Crippen LogP contribution in [0.25, 0.3) is 0 Å². The van der Waals surface area contributed by atoms with Crippen LogP contribution in [0.5, 0.6) is 0 Å². The second-order valence-electron chi connectivity index (χ2n) is 6.16. The van der Waals surface area contributed by atoms with E-state index in [1.807, 2.05) is 24.3 Å². The molecule has 1 aliphatic heterocycles. The van der Waals surface area contributed by atoms with Gasteiger partial charge < -0.3 is 9.64 Å². The summed E-state index contributed by atoms with van der Waals surface area (Å²) in [6, 6.07) is 11.2. The number of rotatable bonds is 3. The molecule has 0 fully saturated rings. The smallest absolute Gasteiger partial charge is 0.338 e. The Labute approximate surface area is 160 Å². The first-order valence-electron chi connectivity index (χ1n) is 8.36. The molecule has 0 radical (unpaired) electrons. The largest absolute Gasteiger partial charge is 0.465 e. The van der Waals surface area contributed by atoms with Gasteiger partial charge >= 0.3 is 5.97 Å². The van der Waals surface area contributed by atoms with E-state index in [0.29, 0.717) is 11.8 Å². The molecule has 7 nitrogen and oxygen atoms in total. The molecule has 2 aromatic carbocycles. The number of nitro groups is 1. The Balaban J connectivity index is 2.06. The summed E-state index contributed by atoms with van der Waals surface area (Å²) in [6.07, 6.45) is 0.782. The highest BCUT2D eigenvalue weighted by atomic mass is 32.2. The molecule has 0 saturated heterocycles. The lowest BCUT2D eigenvalue weighted by molar-refractivity contribution is -0.384. The zero-order valence-electron chi connectivity index (χ0n) is 14.9. The van der Waals surface area contributed by atoms with Gasteiger partial charge in [-0.3, -0.25) is 14.9 Å². The fourth-order valence-electron chi connectivity index (χ4n) is 2.93. The lowest BCUT2D eigenvalue weighted by atomic mass is 10.1. The van der Waals surface area contributed by atoms with Crippen LogP contribution in [0.4, 0.5) is 11.4 Å². The Morgan fingerprint density at radius 2 is 1.93 bits per heavy atom. The van der Waals surface area contributed by atoms with Crippen molar-refractivity contribution < 1.29 is 19.2 Å². The molecule has 0 bridgehead atoms. The van der Waals surface area contributed by atoms with Gasteiger partial charge in [0.25, 0.3) is 11.6 Å². The van der Waals surface area contributed by atoms with Crippen molar-refractivity contribution in [2.45, 2.75) is 23.5 Å². The maximum Gasteiger partial charge on any atom is 0.338 e. The van der Waals surface area contributed by atoms with Crippen LogP contribution < -0.4 is 4.90 Å². The van der Waals surface area contributed by atoms with Crippen LogP contribution in [0, 0.1) is 10.1 Å². The number of carbonyl (C=O) groups excluding carboxylic acids is 2. The molecule has 2 aromatic rings. The number of amides is 1. The predicted octanol–water partition coefficient (Wildman–Crippen LogP) is 3.91. The van der Waals surface area contributed by atoms with Crippen molar-refractivity contribution in [1.29, 1.82) is 0 Å². The van der Waals surface area contributed by atoms with Crippen LogP contribution in [0.2, 0.25) is 0 Å². The highest BCUT2D eigenvalue weighted by Crippen LogP contribution is 2.38. The molecule has 1 unspecified atom stereocenters. The van der Waals surface area contributed by atoms with Gasteiger partial charge in [0, 0.05) is 34.4 Å². The number of nitrogens with zero attached hydrogens (tertiary/aromatic N) is 2. The number of ether oxygens (including phenoxy) is 1. The van der Waals surface area contributed by atoms with Crippen molar-refractivity contribution in [3.05, 3.63) is 63.7 Å². The van der Waals surface area contributed by atoms with Crippen molar-refractivity contribution in [3.63, 3.8) is 0 Å². The van der Waals surface area contributed by atoms with E-state index < -0.39 is 10.9 Å². The number of non-ortho nitro benzene ring substituents is 1. The summed E-state index contributed by atoms with van der Waals surface area (Å²) in [5, 5.41) is 11.6. The highest BCUT2D eigenvalue weighted by molar-refractivity contribution is 8.00. The Morgan fingerprint density at radius 1 is 1.22 bits per heavy atom. The van der Waals surface area contributed by atoms with Crippen LogP contribution in [-0.4, -0.2) is 35.7 Å². The Morgan fingerprint density at radius 3 is 2.63 bits per heavy atom. The molecule has 0 saturated carbocycles. The van der Waals surface area contributed by atoms with E-state index in [1.54, 1.807) is 16.7 Å². The summed E-state index contributed by atoms with van der Waals surface area (Å²) in [5.74, 6) is -1.11. The minimum Gasteiger partial charge on any atom is -0.465 e. The minimum atomic E-state index is -0.729. The molecular weight excluding hydrogens is 368 g/mol. The summed E-state index contributed by atoms with van der Waals surface area (Å²) in [6.45, 7) is 2.58. The molecule has 0 aliphatic carbocycles. The Hall–Kier alpha value is -2.87. The zero-order valence-corrected chi connectivity index (χ0v) is 15.7. The third-order valence-corrected chi connectivity index (χ3v) is 5.52. The van der Waals surface area contributed by atoms with Crippen molar-refractivity contribution in [2.24, 2.45) is 0 Å². The molecule has 0 N–H and O–H groups in total. The first kappa shape index (κ1) is 18.9. The average molecular weight is 386 g/mol. The van der Waals surface area contributed by atoms with Crippen molar-refractivity contribution in [2.75, 3.05) is 18.6 Å². The number of methoxy groups -OCH3 is 1. The maximum absolute atomic E-state index is 13.2.